The minimum atomic E-state index is -2.86. The lowest BCUT2D eigenvalue weighted by atomic mass is 9.56. The number of methoxy groups -OCH3 is 1. The predicted molar refractivity (Wildman–Crippen MR) is 139 cm³/mol. The van der Waals surface area contributed by atoms with Gasteiger partial charge in [-0.05, 0) is 36.5 Å². The average Bonchev–Trinajstić information content (AvgIpc) is 3.34. The number of anilines is 1. The third-order valence-corrected chi connectivity index (χ3v) is 10.3. The van der Waals surface area contributed by atoms with E-state index in [4.69, 9.17) is 23.2 Å². The Hall–Kier alpha value is -4.11. The molecule has 5 amide bonds. The van der Waals surface area contributed by atoms with Gasteiger partial charge in [-0.15, -0.1) is 23.2 Å². The number of likely N-dealkylation sites (tertiary alicyclic amines) is 1. The molecule has 6 atom stereocenters. The summed E-state index contributed by atoms with van der Waals surface area (Å²) in [4.78, 5) is 61.1. The fraction of sp³-hybridized carbons (Fsp3) is 0.321. The molecule has 0 radical (unpaired) electrons. The van der Waals surface area contributed by atoms with Crippen LogP contribution in [0.5, 0.6) is 5.75 Å². The topological polar surface area (TPSA) is 121 Å². The molecule has 6 rings (SSSR count). The van der Waals surface area contributed by atoms with Crippen LogP contribution in [0, 0.1) is 52.7 Å². The van der Waals surface area contributed by atoms with Crippen LogP contribution in [0.25, 0.3) is 0 Å². The number of carbonyl (C=O) groups excluding carboxylic acids is 5. The molecule has 2 aromatic carbocycles. The second-order valence-electron chi connectivity index (χ2n) is 10.9. The van der Waals surface area contributed by atoms with Gasteiger partial charge >= 0.3 is 6.09 Å². The van der Waals surface area contributed by atoms with Gasteiger partial charge in [-0.25, -0.2) is 36.0 Å². The van der Waals surface area contributed by atoms with Crippen LogP contribution < -0.4 is 4.90 Å². The van der Waals surface area contributed by atoms with E-state index in [1.165, 1.54) is 6.08 Å². The number of allylic oxidation sites excluding steroid dienone is 2. The van der Waals surface area contributed by atoms with Crippen molar-refractivity contribution in [3.8, 4) is 5.75 Å². The molecule has 2 heterocycles. The maximum Gasteiger partial charge on any atom is 0.423 e. The lowest BCUT2D eigenvalue weighted by Gasteiger charge is -2.50. The van der Waals surface area contributed by atoms with E-state index < -0.39 is 116 Å². The van der Waals surface area contributed by atoms with E-state index in [1.807, 2.05) is 0 Å². The Labute approximate surface area is 257 Å². The number of nitrogens with zero attached hydrogens (tertiary/aromatic N) is 2. The average molecular weight is 677 g/mol. The number of halogens is 8. The molecular formula is C28H16Cl2F6N2O7. The van der Waals surface area contributed by atoms with Crippen molar-refractivity contribution in [2.24, 2.45) is 17.8 Å². The summed E-state index contributed by atoms with van der Waals surface area (Å²) < 4.78 is 91.5. The Morgan fingerprint density at radius 2 is 1.51 bits per heavy atom. The molecule has 0 bridgehead atoms. The molecule has 2 saturated heterocycles. The fourth-order valence-corrected chi connectivity index (χ4v) is 7.85. The lowest BCUT2D eigenvalue weighted by Crippen LogP contribution is -2.60. The van der Waals surface area contributed by atoms with Crippen LogP contribution in [0.4, 0.5) is 36.8 Å². The van der Waals surface area contributed by atoms with E-state index in [-0.39, 0.29) is 27.4 Å². The summed E-state index contributed by atoms with van der Waals surface area (Å²) in [6.45, 7) is 0. The van der Waals surface area contributed by atoms with Crippen molar-refractivity contribution in [1.82, 2.24) is 4.90 Å². The second-order valence-corrected chi connectivity index (χ2v) is 12.1. The Bertz CT molecular complexity index is 1790. The molecule has 0 spiro atoms. The van der Waals surface area contributed by atoms with Crippen molar-refractivity contribution in [1.29, 1.82) is 0 Å². The van der Waals surface area contributed by atoms with Crippen molar-refractivity contribution in [3.63, 3.8) is 0 Å². The molecular weight excluding hydrogens is 661 g/mol. The van der Waals surface area contributed by atoms with Gasteiger partial charge in [0.1, 0.15) is 5.69 Å². The third kappa shape index (κ3) is 3.73. The highest BCUT2D eigenvalue weighted by molar-refractivity contribution is 6.58. The second kappa shape index (κ2) is 9.94. The van der Waals surface area contributed by atoms with Gasteiger partial charge in [0.25, 0.3) is 11.8 Å². The minimum Gasteiger partial charge on any atom is -0.505 e. The summed E-state index contributed by atoms with van der Waals surface area (Å²) in [6.07, 6.45) is -1.01. The molecule has 17 heteroatoms. The quantitative estimate of drug-likeness (QED) is 0.124. The van der Waals surface area contributed by atoms with Gasteiger partial charge in [-0.1, -0.05) is 17.7 Å². The lowest BCUT2D eigenvalue weighted by molar-refractivity contribution is -0.138. The van der Waals surface area contributed by atoms with Crippen molar-refractivity contribution in [2.45, 2.75) is 28.5 Å². The van der Waals surface area contributed by atoms with E-state index in [2.05, 4.69) is 4.74 Å². The summed E-state index contributed by atoms with van der Waals surface area (Å²) in [5, 5.41) is 9.79. The number of ether oxygens (including phenoxy) is 1. The first-order chi connectivity index (χ1) is 21.0. The number of phenols is 1. The number of rotatable bonds is 2. The maximum absolute atomic E-state index is 15.0. The van der Waals surface area contributed by atoms with Gasteiger partial charge in [-0.3, -0.25) is 19.2 Å². The number of amides is 5. The van der Waals surface area contributed by atoms with Crippen LogP contribution in [0.1, 0.15) is 24.3 Å². The summed E-state index contributed by atoms with van der Waals surface area (Å²) >= 11 is 13.8. The molecule has 9 nitrogen and oxygen atoms in total. The minimum absolute atomic E-state index is 0.0286. The Kier molecular flexibility index (Phi) is 6.83. The Balaban J connectivity index is 1.60. The highest BCUT2D eigenvalue weighted by atomic mass is 35.5. The number of aromatic hydroxyl groups is 1. The summed E-state index contributed by atoms with van der Waals surface area (Å²) in [7, 11) is 0.914. The van der Waals surface area contributed by atoms with E-state index in [0.717, 1.165) is 19.2 Å². The van der Waals surface area contributed by atoms with Gasteiger partial charge in [0.2, 0.25) is 17.6 Å². The van der Waals surface area contributed by atoms with Crippen molar-refractivity contribution in [2.75, 3.05) is 12.0 Å². The first-order valence-electron chi connectivity index (χ1n) is 13.0. The Morgan fingerprint density at radius 1 is 0.911 bits per heavy atom. The van der Waals surface area contributed by atoms with Gasteiger partial charge < -0.3 is 9.84 Å². The molecule has 236 valence electrons. The largest absolute Gasteiger partial charge is 0.505 e. The first kappa shape index (κ1) is 30.9. The number of benzene rings is 2. The zero-order valence-electron chi connectivity index (χ0n) is 22.3. The smallest absolute Gasteiger partial charge is 0.423 e. The van der Waals surface area contributed by atoms with Crippen molar-refractivity contribution < 1.29 is 60.2 Å². The number of phenolic OH excluding ortho intramolecular Hbond substituents is 1. The van der Waals surface area contributed by atoms with Crippen molar-refractivity contribution >= 4 is 58.6 Å². The van der Waals surface area contributed by atoms with Gasteiger partial charge in [0, 0.05) is 5.92 Å². The Morgan fingerprint density at radius 3 is 2.09 bits per heavy atom. The molecule has 2 aliphatic carbocycles. The van der Waals surface area contributed by atoms with Crippen LogP contribution in [0.15, 0.2) is 29.8 Å². The predicted octanol–water partition coefficient (Wildman–Crippen LogP) is 4.56. The number of alkyl halides is 2. The van der Waals surface area contributed by atoms with E-state index in [0.29, 0.717) is 6.07 Å². The van der Waals surface area contributed by atoms with E-state index >= 15 is 0 Å². The number of hydrogen-bond acceptors (Lipinski definition) is 7. The highest BCUT2D eigenvalue weighted by Crippen LogP contribution is 2.66. The van der Waals surface area contributed by atoms with E-state index in [1.54, 1.807) is 0 Å². The van der Waals surface area contributed by atoms with Gasteiger partial charge in [0.15, 0.2) is 44.6 Å². The maximum atomic E-state index is 15.0. The number of carbonyl (C=O) groups is 5. The van der Waals surface area contributed by atoms with E-state index in [9.17, 15) is 55.4 Å². The van der Waals surface area contributed by atoms with Crippen LogP contribution in [0.2, 0.25) is 0 Å². The summed E-state index contributed by atoms with van der Waals surface area (Å²) in [6, 6.07) is 2.63. The first-order valence-corrected chi connectivity index (χ1v) is 13.7. The van der Waals surface area contributed by atoms with Crippen LogP contribution in [0.3, 0.4) is 0 Å². The monoisotopic (exact) mass is 676 g/mol. The highest BCUT2D eigenvalue weighted by Gasteiger charge is 2.77. The van der Waals surface area contributed by atoms with Gasteiger partial charge in [0.05, 0.1) is 18.9 Å². The molecule has 2 aromatic rings. The number of hydrogen-bond donors (Lipinski definition) is 1. The molecule has 4 aliphatic rings. The van der Waals surface area contributed by atoms with Crippen molar-refractivity contribution in [3.05, 3.63) is 70.3 Å². The van der Waals surface area contributed by atoms with Crippen LogP contribution in [-0.4, -0.2) is 56.6 Å². The van der Waals surface area contributed by atoms with Crippen LogP contribution >= 0.6 is 23.2 Å². The summed E-state index contributed by atoms with van der Waals surface area (Å²) in [5.74, 6) is -26.0. The summed E-state index contributed by atoms with van der Waals surface area (Å²) in [5.41, 5.74) is -2.19. The zero-order valence-corrected chi connectivity index (χ0v) is 23.9. The fourth-order valence-electron chi connectivity index (χ4n) is 6.91. The number of imide groups is 4. The molecule has 2 aliphatic heterocycles. The third-order valence-electron chi connectivity index (χ3n) is 8.88. The molecule has 0 aromatic heterocycles. The number of fused-ring (bicyclic) bond motifs is 4. The zero-order chi connectivity index (χ0) is 33.1. The molecule has 1 saturated carbocycles. The standard InChI is InChI=1S/C28H16Cl2F6N2O7/c1-45-26(44)38-22(40)10-4-3-9-11(14(10)23(38)41)7-27(29)24(42)37(21-19(35)17(33)16(32)18(34)20(21)36)25(43)28(27,30)15(9)8-2-5-13(39)12(31)6-8/h2-3,5-6,10-11,14-15,39H,4,7H2,1H3/t10-,11+,14-,15-,27+,28-/m0/s1. The molecule has 0 unspecified atom stereocenters. The van der Waals surface area contributed by atoms with Crippen LogP contribution in [-0.2, 0) is 23.9 Å². The van der Waals surface area contributed by atoms with Gasteiger partial charge in [-0.2, -0.15) is 4.90 Å². The molecule has 45 heavy (non-hydrogen) atoms. The molecule has 3 fully saturated rings. The molecule has 1 N–H and O–H groups in total. The normalized spacial score (nSPS) is 30.7. The SMILES string of the molecule is COC(=O)N1C(=O)[C@H]2[C@H](CC=C3[C@H]2C[C@@]2(Cl)C(=O)N(c4c(F)c(F)c(F)c(F)c4F)C(=O)[C@@]2(Cl)[C@H]3c2ccc(O)c(F)c2)C1=O.